The number of ether oxygens (including phenoxy) is 1. The second-order valence-electron chi connectivity index (χ2n) is 5.55. The van der Waals surface area contributed by atoms with Gasteiger partial charge in [-0.3, -0.25) is 4.79 Å². The van der Waals surface area contributed by atoms with Gasteiger partial charge in [-0.05, 0) is 29.7 Å². The Labute approximate surface area is 102 Å². The minimum Gasteiger partial charge on any atom is -0.497 e. The monoisotopic (exact) mass is 233 g/mol. The number of hydrogen-bond donors (Lipinski definition) is 0. The molecule has 1 atom stereocenters. The van der Waals surface area contributed by atoms with Crippen LogP contribution in [-0.2, 0) is 4.79 Å². The lowest BCUT2D eigenvalue weighted by molar-refractivity contribution is -0.126. The van der Waals surface area contributed by atoms with Gasteiger partial charge in [0.1, 0.15) is 5.75 Å². The summed E-state index contributed by atoms with van der Waals surface area (Å²) in [5.74, 6) is 1.02. The molecule has 3 heteroatoms. The number of hydrogen-bond acceptors (Lipinski definition) is 2. The Bertz CT molecular complexity index is 417. The molecular weight excluding hydrogens is 214 g/mol. The molecule has 0 bridgehead atoms. The highest BCUT2D eigenvalue weighted by Crippen LogP contribution is 2.38. The molecule has 0 spiro atoms. The quantitative estimate of drug-likeness (QED) is 0.735. The van der Waals surface area contributed by atoms with Crippen molar-refractivity contribution in [3.8, 4) is 5.75 Å². The molecule has 1 aliphatic rings. The van der Waals surface area contributed by atoms with Gasteiger partial charge in [0.2, 0.25) is 5.91 Å². The minimum atomic E-state index is 0.119. The molecule has 0 radical (unpaired) electrons. The molecule has 1 amide bonds. The van der Waals surface area contributed by atoms with Crippen molar-refractivity contribution in [1.29, 1.82) is 0 Å². The Morgan fingerprint density at radius 2 is 1.82 bits per heavy atom. The van der Waals surface area contributed by atoms with Crippen molar-refractivity contribution < 1.29 is 9.53 Å². The van der Waals surface area contributed by atoms with Crippen LogP contribution in [0.1, 0.15) is 27.2 Å². The van der Waals surface area contributed by atoms with Crippen molar-refractivity contribution in [2.24, 2.45) is 5.41 Å². The first kappa shape index (κ1) is 12.0. The van der Waals surface area contributed by atoms with E-state index in [1.54, 1.807) is 7.11 Å². The summed E-state index contributed by atoms with van der Waals surface area (Å²) < 4.78 is 5.12. The highest BCUT2D eigenvalue weighted by molar-refractivity contribution is 6.01. The van der Waals surface area contributed by atoms with Gasteiger partial charge in [-0.1, -0.05) is 20.8 Å². The number of benzene rings is 1. The third kappa shape index (κ3) is 2.14. The van der Waals surface area contributed by atoms with Gasteiger partial charge in [-0.15, -0.1) is 0 Å². The van der Waals surface area contributed by atoms with E-state index in [9.17, 15) is 4.79 Å². The molecule has 0 unspecified atom stereocenters. The highest BCUT2D eigenvalue weighted by Gasteiger charge is 2.44. The van der Waals surface area contributed by atoms with Gasteiger partial charge in [-0.25, -0.2) is 0 Å². The van der Waals surface area contributed by atoms with Crippen molar-refractivity contribution in [2.75, 3.05) is 12.0 Å². The fourth-order valence-electron chi connectivity index (χ4n) is 2.18. The van der Waals surface area contributed by atoms with Gasteiger partial charge >= 0.3 is 0 Å². The maximum absolute atomic E-state index is 11.7. The molecule has 3 nitrogen and oxygen atoms in total. The zero-order chi connectivity index (χ0) is 12.6. The lowest BCUT2D eigenvalue weighted by Crippen LogP contribution is -2.58. The lowest BCUT2D eigenvalue weighted by atomic mass is 9.78. The van der Waals surface area contributed by atoms with Crippen LogP contribution < -0.4 is 9.64 Å². The fourth-order valence-corrected chi connectivity index (χ4v) is 2.18. The largest absolute Gasteiger partial charge is 0.497 e. The number of β-lactam (4-membered cyclic amide) rings is 1. The lowest BCUT2D eigenvalue weighted by Gasteiger charge is -2.47. The predicted octanol–water partition coefficient (Wildman–Crippen LogP) is 2.85. The van der Waals surface area contributed by atoms with Gasteiger partial charge in [0.15, 0.2) is 0 Å². The SMILES string of the molecule is COc1ccc(N2C(=O)C[C@@H]2C(C)(C)C)cc1. The van der Waals surface area contributed by atoms with Crippen LogP contribution in [0.3, 0.4) is 0 Å². The minimum absolute atomic E-state index is 0.119. The van der Waals surface area contributed by atoms with E-state index in [-0.39, 0.29) is 11.3 Å². The Morgan fingerprint density at radius 1 is 1.24 bits per heavy atom. The second kappa shape index (κ2) is 4.06. The first-order valence-electron chi connectivity index (χ1n) is 5.89. The highest BCUT2D eigenvalue weighted by atomic mass is 16.5. The molecule has 0 saturated carbocycles. The molecule has 0 aliphatic carbocycles. The Hall–Kier alpha value is -1.51. The van der Waals surface area contributed by atoms with E-state index in [1.165, 1.54) is 0 Å². The van der Waals surface area contributed by atoms with Crippen LogP contribution in [0.25, 0.3) is 0 Å². The van der Waals surface area contributed by atoms with E-state index >= 15 is 0 Å². The zero-order valence-corrected chi connectivity index (χ0v) is 10.9. The molecule has 92 valence electrons. The number of nitrogens with zero attached hydrogens (tertiary/aromatic N) is 1. The zero-order valence-electron chi connectivity index (χ0n) is 10.9. The van der Waals surface area contributed by atoms with Crippen LogP contribution in [0.5, 0.6) is 5.75 Å². The molecule has 1 aliphatic heterocycles. The fraction of sp³-hybridized carbons (Fsp3) is 0.500. The standard InChI is InChI=1S/C14H19NO2/c1-14(2,3)12-9-13(16)15(12)10-5-7-11(17-4)8-6-10/h5-8,12H,9H2,1-4H3/t12-/m1/s1. The molecule has 1 heterocycles. The van der Waals surface area contributed by atoms with Crippen LogP contribution in [0.15, 0.2) is 24.3 Å². The maximum atomic E-state index is 11.7. The van der Waals surface area contributed by atoms with Gasteiger partial charge in [-0.2, -0.15) is 0 Å². The molecule has 1 saturated heterocycles. The summed E-state index contributed by atoms with van der Waals surface area (Å²) in [6, 6.07) is 7.95. The summed E-state index contributed by atoms with van der Waals surface area (Å²) in [4.78, 5) is 13.6. The summed E-state index contributed by atoms with van der Waals surface area (Å²) in [7, 11) is 1.64. The number of anilines is 1. The normalized spacial score (nSPS) is 20.1. The van der Waals surface area contributed by atoms with Gasteiger partial charge in [0.25, 0.3) is 0 Å². The molecule has 2 rings (SSSR count). The summed E-state index contributed by atoms with van der Waals surface area (Å²) in [6.45, 7) is 6.50. The van der Waals surface area contributed by atoms with Crippen molar-refractivity contribution in [3.63, 3.8) is 0 Å². The number of methoxy groups -OCH3 is 1. The van der Waals surface area contributed by atoms with Crippen molar-refractivity contribution in [3.05, 3.63) is 24.3 Å². The summed E-state index contributed by atoms with van der Waals surface area (Å²) >= 11 is 0. The van der Waals surface area contributed by atoms with Gasteiger partial charge < -0.3 is 9.64 Å². The Morgan fingerprint density at radius 3 is 2.24 bits per heavy atom. The average molecular weight is 233 g/mol. The second-order valence-corrected chi connectivity index (χ2v) is 5.55. The van der Waals surface area contributed by atoms with E-state index in [0.717, 1.165) is 11.4 Å². The van der Waals surface area contributed by atoms with Crippen LogP contribution in [0, 0.1) is 5.41 Å². The number of carbonyl (C=O) groups excluding carboxylic acids is 1. The van der Waals surface area contributed by atoms with Crippen molar-refractivity contribution >= 4 is 11.6 Å². The third-order valence-electron chi connectivity index (χ3n) is 3.30. The molecule has 0 N–H and O–H groups in total. The van der Waals surface area contributed by atoms with Crippen molar-refractivity contribution in [1.82, 2.24) is 0 Å². The Kier molecular flexibility index (Phi) is 2.86. The van der Waals surface area contributed by atoms with E-state index in [0.29, 0.717) is 12.5 Å². The van der Waals surface area contributed by atoms with E-state index in [4.69, 9.17) is 4.74 Å². The predicted molar refractivity (Wildman–Crippen MR) is 68.3 cm³/mol. The maximum Gasteiger partial charge on any atom is 0.229 e. The molecule has 1 aromatic carbocycles. The summed E-state index contributed by atoms with van der Waals surface area (Å²) in [6.07, 6.45) is 0.648. The van der Waals surface area contributed by atoms with Crippen LogP contribution in [0.2, 0.25) is 0 Å². The number of amides is 1. The van der Waals surface area contributed by atoms with Gasteiger partial charge in [0.05, 0.1) is 13.2 Å². The average Bonchev–Trinajstić information content (AvgIpc) is 2.25. The van der Waals surface area contributed by atoms with E-state index < -0.39 is 0 Å². The van der Waals surface area contributed by atoms with Gasteiger partial charge in [0, 0.05) is 12.1 Å². The number of carbonyl (C=O) groups is 1. The van der Waals surface area contributed by atoms with Crippen LogP contribution in [0.4, 0.5) is 5.69 Å². The van der Waals surface area contributed by atoms with E-state index in [2.05, 4.69) is 20.8 Å². The third-order valence-corrected chi connectivity index (χ3v) is 3.30. The summed E-state index contributed by atoms with van der Waals surface area (Å²) in [5.41, 5.74) is 1.08. The molecular formula is C14H19NO2. The topological polar surface area (TPSA) is 29.5 Å². The summed E-state index contributed by atoms with van der Waals surface area (Å²) in [5, 5.41) is 0. The van der Waals surface area contributed by atoms with E-state index in [1.807, 2.05) is 29.2 Å². The van der Waals surface area contributed by atoms with Crippen LogP contribution in [-0.4, -0.2) is 19.1 Å². The molecule has 1 aromatic rings. The van der Waals surface area contributed by atoms with Crippen molar-refractivity contribution in [2.45, 2.75) is 33.2 Å². The Balaban J connectivity index is 2.23. The van der Waals surface area contributed by atoms with Crippen LogP contribution >= 0.6 is 0 Å². The molecule has 0 aromatic heterocycles. The number of rotatable bonds is 2. The molecule has 17 heavy (non-hydrogen) atoms. The first-order valence-corrected chi connectivity index (χ1v) is 5.89. The first-order chi connectivity index (χ1) is 7.93. The smallest absolute Gasteiger partial charge is 0.229 e. The molecule has 1 fully saturated rings.